The molecule has 5 nitrogen and oxygen atoms in total. The Morgan fingerprint density at radius 3 is 2.38 bits per heavy atom. The van der Waals surface area contributed by atoms with E-state index in [-0.39, 0.29) is 17.8 Å². The number of nitrogens with one attached hydrogen (secondary N) is 1. The average molecular weight is 333 g/mol. The van der Waals surface area contributed by atoms with E-state index in [9.17, 15) is 9.59 Å². The van der Waals surface area contributed by atoms with Gasteiger partial charge in [-0.1, -0.05) is 25.3 Å². The van der Waals surface area contributed by atoms with Crippen LogP contribution < -0.4 is 10.1 Å². The van der Waals surface area contributed by atoms with E-state index < -0.39 is 5.54 Å². The molecule has 2 rings (SSSR count). The fourth-order valence-corrected chi connectivity index (χ4v) is 3.48. The molecule has 1 aromatic rings. The molecule has 1 saturated carbocycles. The van der Waals surface area contributed by atoms with Crippen molar-refractivity contribution in [3.63, 3.8) is 0 Å². The van der Waals surface area contributed by atoms with Crippen LogP contribution >= 0.6 is 0 Å². The molecular formula is C19H27NO4. The SMILES string of the molecule is COC(=O)C1(NC(=O)C(C)c2ccc(OC)cc2C)CCCCC1. The lowest BCUT2D eigenvalue weighted by atomic mass is 9.81. The van der Waals surface area contributed by atoms with Gasteiger partial charge in [0.2, 0.25) is 5.91 Å². The van der Waals surface area contributed by atoms with Crippen LogP contribution in [0.5, 0.6) is 5.75 Å². The molecule has 1 aliphatic rings. The highest BCUT2D eigenvalue weighted by molar-refractivity contribution is 5.91. The van der Waals surface area contributed by atoms with Crippen molar-refractivity contribution < 1.29 is 19.1 Å². The molecule has 5 heteroatoms. The first-order valence-corrected chi connectivity index (χ1v) is 8.48. The molecule has 0 heterocycles. The zero-order chi connectivity index (χ0) is 17.7. The minimum atomic E-state index is -0.876. The van der Waals surface area contributed by atoms with Crippen molar-refractivity contribution >= 4 is 11.9 Å². The van der Waals surface area contributed by atoms with Gasteiger partial charge >= 0.3 is 5.97 Å². The highest BCUT2D eigenvalue weighted by Crippen LogP contribution is 2.31. The topological polar surface area (TPSA) is 64.6 Å². The van der Waals surface area contributed by atoms with Gasteiger partial charge in [-0.15, -0.1) is 0 Å². The number of benzene rings is 1. The molecule has 132 valence electrons. The van der Waals surface area contributed by atoms with E-state index in [1.54, 1.807) is 7.11 Å². The molecule has 0 saturated heterocycles. The fraction of sp³-hybridized carbons (Fsp3) is 0.579. The number of carbonyl (C=O) groups excluding carboxylic acids is 2. The molecule has 1 aromatic carbocycles. The molecule has 1 atom stereocenters. The van der Waals surface area contributed by atoms with E-state index in [1.807, 2.05) is 32.0 Å². The second-order valence-corrected chi connectivity index (χ2v) is 6.57. The molecule has 1 aliphatic carbocycles. The zero-order valence-corrected chi connectivity index (χ0v) is 15.0. The first-order valence-electron chi connectivity index (χ1n) is 8.48. The smallest absolute Gasteiger partial charge is 0.331 e. The second kappa shape index (κ2) is 7.69. The molecule has 1 fully saturated rings. The van der Waals surface area contributed by atoms with Crippen molar-refractivity contribution in [2.75, 3.05) is 14.2 Å². The molecule has 1 amide bonds. The zero-order valence-electron chi connectivity index (χ0n) is 15.0. The number of aryl methyl sites for hydroxylation is 1. The van der Waals surface area contributed by atoms with Crippen molar-refractivity contribution in [2.24, 2.45) is 0 Å². The predicted molar refractivity (Wildman–Crippen MR) is 92.1 cm³/mol. The van der Waals surface area contributed by atoms with E-state index in [2.05, 4.69) is 5.32 Å². The summed E-state index contributed by atoms with van der Waals surface area (Å²) in [5.74, 6) is -0.0636. The third kappa shape index (κ3) is 3.71. The lowest BCUT2D eigenvalue weighted by molar-refractivity contribution is -0.152. The molecule has 0 spiro atoms. The number of hydrogen-bond acceptors (Lipinski definition) is 4. The van der Waals surface area contributed by atoms with Gasteiger partial charge in [0.25, 0.3) is 0 Å². The second-order valence-electron chi connectivity index (χ2n) is 6.57. The van der Waals surface area contributed by atoms with Crippen LogP contribution in [-0.2, 0) is 14.3 Å². The monoisotopic (exact) mass is 333 g/mol. The van der Waals surface area contributed by atoms with Crippen LogP contribution in [0.25, 0.3) is 0 Å². The van der Waals surface area contributed by atoms with Crippen LogP contribution in [0.1, 0.15) is 56.1 Å². The van der Waals surface area contributed by atoms with Crippen molar-refractivity contribution in [1.82, 2.24) is 5.32 Å². The van der Waals surface area contributed by atoms with Gasteiger partial charge in [-0.2, -0.15) is 0 Å². The maximum Gasteiger partial charge on any atom is 0.331 e. The summed E-state index contributed by atoms with van der Waals surface area (Å²) in [5, 5.41) is 2.99. The molecule has 0 aliphatic heterocycles. The van der Waals surface area contributed by atoms with E-state index >= 15 is 0 Å². The standard InChI is InChI=1S/C19H27NO4/c1-13-12-15(23-3)8-9-16(13)14(2)17(21)20-19(18(22)24-4)10-6-5-7-11-19/h8-9,12,14H,5-7,10-11H2,1-4H3,(H,20,21). The molecule has 0 aromatic heterocycles. The van der Waals surface area contributed by atoms with E-state index in [1.165, 1.54) is 7.11 Å². The largest absolute Gasteiger partial charge is 0.497 e. The normalized spacial score (nSPS) is 17.7. The molecule has 1 N–H and O–H groups in total. The van der Waals surface area contributed by atoms with Crippen LogP contribution in [-0.4, -0.2) is 31.6 Å². The molecule has 24 heavy (non-hydrogen) atoms. The Labute approximate surface area is 143 Å². The van der Waals surface area contributed by atoms with Crippen LogP contribution in [0.2, 0.25) is 0 Å². The Bertz CT molecular complexity index is 605. The van der Waals surface area contributed by atoms with Gasteiger partial charge in [-0.3, -0.25) is 4.79 Å². The maximum atomic E-state index is 12.8. The van der Waals surface area contributed by atoms with E-state index in [0.29, 0.717) is 12.8 Å². The van der Waals surface area contributed by atoms with Crippen LogP contribution in [0.4, 0.5) is 0 Å². The minimum Gasteiger partial charge on any atom is -0.497 e. The quantitative estimate of drug-likeness (QED) is 0.841. The first-order chi connectivity index (χ1) is 11.4. The number of amides is 1. The number of carbonyl (C=O) groups is 2. The highest BCUT2D eigenvalue weighted by atomic mass is 16.5. The summed E-state index contributed by atoms with van der Waals surface area (Å²) in [5.41, 5.74) is 1.05. The van der Waals surface area contributed by atoms with Gasteiger partial charge in [0.1, 0.15) is 11.3 Å². The summed E-state index contributed by atoms with van der Waals surface area (Å²) >= 11 is 0. The number of esters is 1. The molecular weight excluding hydrogens is 306 g/mol. The summed E-state index contributed by atoms with van der Waals surface area (Å²) in [7, 11) is 3.00. The number of rotatable bonds is 5. The summed E-state index contributed by atoms with van der Waals surface area (Å²) in [6.07, 6.45) is 4.21. The Balaban J connectivity index is 2.19. The number of ether oxygens (including phenoxy) is 2. The van der Waals surface area contributed by atoms with Gasteiger partial charge in [0, 0.05) is 0 Å². The summed E-state index contributed by atoms with van der Waals surface area (Å²) < 4.78 is 10.2. The van der Waals surface area contributed by atoms with Crippen LogP contribution in [0.3, 0.4) is 0 Å². The first kappa shape index (κ1) is 18.3. The van der Waals surface area contributed by atoms with E-state index in [0.717, 1.165) is 36.1 Å². The van der Waals surface area contributed by atoms with Crippen molar-refractivity contribution in [2.45, 2.75) is 57.4 Å². The third-order valence-electron chi connectivity index (χ3n) is 4.98. The van der Waals surface area contributed by atoms with Gasteiger partial charge in [-0.25, -0.2) is 4.79 Å². The molecule has 0 bridgehead atoms. The van der Waals surface area contributed by atoms with Gasteiger partial charge in [0.15, 0.2) is 0 Å². The summed E-state index contributed by atoms with van der Waals surface area (Å²) in [4.78, 5) is 25.1. The Kier molecular flexibility index (Phi) is 5.86. The molecule has 1 unspecified atom stereocenters. The van der Waals surface area contributed by atoms with Crippen molar-refractivity contribution in [1.29, 1.82) is 0 Å². The minimum absolute atomic E-state index is 0.143. The van der Waals surface area contributed by atoms with Crippen LogP contribution in [0, 0.1) is 6.92 Å². The number of hydrogen-bond donors (Lipinski definition) is 1. The highest BCUT2D eigenvalue weighted by Gasteiger charge is 2.42. The lowest BCUT2D eigenvalue weighted by Crippen LogP contribution is -2.57. The lowest BCUT2D eigenvalue weighted by Gasteiger charge is -2.36. The predicted octanol–water partition coefficient (Wildman–Crippen LogP) is 3.10. The summed E-state index contributed by atoms with van der Waals surface area (Å²) in [6, 6.07) is 5.67. The molecule has 0 radical (unpaired) electrons. The van der Waals surface area contributed by atoms with Crippen LogP contribution in [0.15, 0.2) is 18.2 Å². The van der Waals surface area contributed by atoms with Gasteiger partial charge < -0.3 is 14.8 Å². The van der Waals surface area contributed by atoms with Gasteiger partial charge in [-0.05, 0) is 49.9 Å². The Hall–Kier alpha value is -2.04. The van der Waals surface area contributed by atoms with Crippen molar-refractivity contribution in [3.05, 3.63) is 29.3 Å². The van der Waals surface area contributed by atoms with Gasteiger partial charge in [0.05, 0.1) is 20.1 Å². The Morgan fingerprint density at radius 2 is 1.83 bits per heavy atom. The van der Waals surface area contributed by atoms with Crippen molar-refractivity contribution in [3.8, 4) is 5.75 Å². The Morgan fingerprint density at radius 1 is 1.17 bits per heavy atom. The number of methoxy groups -OCH3 is 2. The third-order valence-corrected chi connectivity index (χ3v) is 4.98. The maximum absolute atomic E-state index is 12.8. The fourth-order valence-electron chi connectivity index (χ4n) is 3.48. The van der Waals surface area contributed by atoms with E-state index in [4.69, 9.17) is 9.47 Å². The average Bonchev–Trinajstić information content (AvgIpc) is 2.60. The summed E-state index contributed by atoms with van der Waals surface area (Å²) in [6.45, 7) is 3.82.